The van der Waals surface area contributed by atoms with E-state index in [9.17, 15) is 4.79 Å². The minimum atomic E-state index is -0.0997. The number of unbranched alkanes of at least 4 members (excludes halogenated alkanes) is 1. The second-order valence-electron chi connectivity index (χ2n) is 5.52. The molecule has 112 valence electrons. The number of nitrogens with one attached hydrogen (secondary N) is 2. The fraction of sp³-hybridized carbons (Fsp3) is 0.588. The third-order valence-corrected chi connectivity index (χ3v) is 3.81. The average molecular weight is 276 g/mol. The average Bonchev–Trinajstić information content (AvgIpc) is 2.43. The molecule has 1 atom stereocenters. The van der Waals surface area contributed by atoms with Crippen molar-refractivity contribution in [2.45, 2.75) is 53.4 Å². The first-order valence-corrected chi connectivity index (χ1v) is 7.69. The first-order chi connectivity index (χ1) is 9.58. The molecule has 0 aliphatic rings. The molecule has 2 N–H and O–H groups in total. The van der Waals surface area contributed by atoms with Gasteiger partial charge in [0.05, 0.1) is 0 Å². The van der Waals surface area contributed by atoms with Crippen molar-refractivity contribution in [3.63, 3.8) is 0 Å². The SMILES string of the molecule is CCCC[C@H](CC)CNC(=O)Nc1c(C)cccc1C. The number of anilines is 1. The Morgan fingerprint density at radius 2 is 1.85 bits per heavy atom. The van der Waals surface area contributed by atoms with Crippen LogP contribution in [0.25, 0.3) is 0 Å². The maximum atomic E-state index is 12.0. The van der Waals surface area contributed by atoms with E-state index in [4.69, 9.17) is 0 Å². The molecule has 0 aliphatic carbocycles. The molecule has 3 heteroatoms. The van der Waals surface area contributed by atoms with Gasteiger partial charge in [-0.3, -0.25) is 0 Å². The van der Waals surface area contributed by atoms with E-state index in [1.165, 1.54) is 19.3 Å². The van der Waals surface area contributed by atoms with Crippen molar-refractivity contribution in [1.82, 2.24) is 5.32 Å². The minimum absolute atomic E-state index is 0.0997. The van der Waals surface area contributed by atoms with Crippen LogP contribution >= 0.6 is 0 Å². The van der Waals surface area contributed by atoms with Gasteiger partial charge in [-0.05, 0) is 37.3 Å². The van der Waals surface area contributed by atoms with Crippen molar-refractivity contribution in [2.75, 3.05) is 11.9 Å². The van der Waals surface area contributed by atoms with Crippen molar-refractivity contribution in [2.24, 2.45) is 5.92 Å². The van der Waals surface area contributed by atoms with E-state index in [1.54, 1.807) is 0 Å². The lowest BCUT2D eigenvalue weighted by molar-refractivity contribution is 0.249. The third kappa shape index (κ3) is 5.24. The highest BCUT2D eigenvalue weighted by Crippen LogP contribution is 2.19. The summed E-state index contributed by atoms with van der Waals surface area (Å²) in [5.74, 6) is 0.582. The maximum Gasteiger partial charge on any atom is 0.319 e. The summed E-state index contributed by atoms with van der Waals surface area (Å²) >= 11 is 0. The molecule has 0 unspecified atom stereocenters. The fourth-order valence-electron chi connectivity index (χ4n) is 2.35. The topological polar surface area (TPSA) is 41.1 Å². The van der Waals surface area contributed by atoms with Gasteiger partial charge in [-0.1, -0.05) is 51.3 Å². The number of aryl methyl sites for hydroxylation is 2. The van der Waals surface area contributed by atoms with Crippen LogP contribution in [0, 0.1) is 19.8 Å². The summed E-state index contributed by atoms with van der Waals surface area (Å²) in [4.78, 5) is 12.0. The van der Waals surface area contributed by atoms with Crippen molar-refractivity contribution in [3.05, 3.63) is 29.3 Å². The summed E-state index contributed by atoms with van der Waals surface area (Å²) < 4.78 is 0. The van der Waals surface area contributed by atoms with Crippen LogP contribution in [0.1, 0.15) is 50.7 Å². The van der Waals surface area contributed by atoms with E-state index in [-0.39, 0.29) is 6.03 Å². The highest BCUT2D eigenvalue weighted by atomic mass is 16.2. The highest BCUT2D eigenvalue weighted by molar-refractivity contribution is 5.90. The third-order valence-electron chi connectivity index (χ3n) is 3.81. The number of benzene rings is 1. The molecular weight excluding hydrogens is 248 g/mol. The van der Waals surface area contributed by atoms with Gasteiger partial charge in [0, 0.05) is 12.2 Å². The van der Waals surface area contributed by atoms with E-state index < -0.39 is 0 Å². The van der Waals surface area contributed by atoms with Gasteiger partial charge in [0.1, 0.15) is 0 Å². The van der Waals surface area contributed by atoms with Crippen molar-refractivity contribution in [3.8, 4) is 0 Å². The zero-order valence-corrected chi connectivity index (χ0v) is 13.3. The molecule has 0 saturated heterocycles. The number of hydrogen-bond acceptors (Lipinski definition) is 1. The smallest absolute Gasteiger partial charge is 0.319 e. The van der Waals surface area contributed by atoms with Crippen LogP contribution in [0.2, 0.25) is 0 Å². The lowest BCUT2D eigenvalue weighted by Crippen LogP contribution is -2.33. The molecule has 2 amide bonds. The molecular formula is C17H28N2O. The van der Waals surface area contributed by atoms with Gasteiger partial charge in [0.2, 0.25) is 0 Å². The van der Waals surface area contributed by atoms with Crippen LogP contribution in [0.5, 0.6) is 0 Å². The number of para-hydroxylation sites is 1. The molecule has 0 radical (unpaired) electrons. The number of rotatable bonds is 7. The Balaban J connectivity index is 2.47. The summed E-state index contributed by atoms with van der Waals surface area (Å²) in [6.45, 7) is 9.17. The zero-order valence-electron chi connectivity index (χ0n) is 13.3. The number of carbonyl (C=O) groups is 1. The van der Waals surface area contributed by atoms with Gasteiger partial charge >= 0.3 is 6.03 Å². The zero-order chi connectivity index (χ0) is 15.0. The first-order valence-electron chi connectivity index (χ1n) is 7.69. The Hall–Kier alpha value is -1.51. The Morgan fingerprint density at radius 1 is 1.20 bits per heavy atom. The fourth-order valence-corrected chi connectivity index (χ4v) is 2.35. The van der Waals surface area contributed by atoms with E-state index in [0.717, 1.165) is 29.8 Å². The molecule has 0 fully saturated rings. The van der Waals surface area contributed by atoms with Gasteiger partial charge < -0.3 is 10.6 Å². The molecule has 0 saturated carbocycles. The molecule has 20 heavy (non-hydrogen) atoms. The van der Waals surface area contributed by atoms with Crippen LogP contribution < -0.4 is 10.6 Å². The van der Waals surface area contributed by atoms with E-state index in [2.05, 4.69) is 24.5 Å². The summed E-state index contributed by atoms with van der Waals surface area (Å²) in [5.41, 5.74) is 3.11. The molecule has 1 rings (SSSR count). The van der Waals surface area contributed by atoms with Gasteiger partial charge in [0.25, 0.3) is 0 Å². The standard InChI is InChI=1S/C17H28N2O/c1-5-7-11-15(6-2)12-18-17(20)19-16-13(3)9-8-10-14(16)4/h8-10,15H,5-7,11-12H2,1-4H3,(H2,18,19,20)/t15-/m0/s1. The van der Waals surface area contributed by atoms with Gasteiger partial charge in [-0.15, -0.1) is 0 Å². The molecule has 1 aromatic carbocycles. The quantitative estimate of drug-likeness (QED) is 0.748. The summed E-state index contributed by atoms with van der Waals surface area (Å²) in [6.07, 6.45) is 4.75. The lowest BCUT2D eigenvalue weighted by Gasteiger charge is -2.17. The highest BCUT2D eigenvalue weighted by Gasteiger charge is 2.10. The number of carbonyl (C=O) groups excluding carboxylic acids is 1. The predicted molar refractivity (Wildman–Crippen MR) is 86.2 cm³/mol. The van der Waals surface area contributed by atoms with Crippen LogP contribution in [-0.2, 0) is 0 Å². The molecule has 0 aliphatic heterocycles. The van der Waals surface area contributed by atoms with Crippen LogP contribution in [-0.4, -0.2) is 12.6 Å². The molecule has 1 aromatic rings. The van der Waals surface area contributed by atoms with Crippen LogP contribution in [0.15, 0.2) is 18.2 Å². The van der Waals surface area contributed by atoms with Crippen LogP contribution in [0.3, 0.4) is 0 Å². The predicted octanol–water partition coefficient (Wildman–Crippen LogP) is 4.64. The Labute approximate surface area is 123 Å². The molecule has 3 nitrogen and oxygen atoms in total. The van der Waals surface area contributed by atoms with Gasteiger partial charge in [-0.25, -0.2) is 4.79 Å². The Kier molecular flexibility index (Phi) is 7.13. The second-order valence-corrected chi connectivity index (χ2v) is 5.52. The molecule has 0 heterocycles. The Bertz CT molecular complexity index is 409. The molecule has 0 spiro atoms. The number of urea groups is 1. The molecule has 0 bridgehead atoms. The summed E-state index contributed by atoms with van der Waals surface area (Å²) in [6, 6.07) is 5.93. The summed E-state index contributed by atoms with van der Waals surface area (Å²) in [7, 11) is 0. The normalized spacial score (nSPS) is 12.0. The summed E-state index contributed by atoms with van der Waals surface area (Å²) in [5, 5.41) is 5.96. The van der Waals surface area contributed by atoms with E-state index in [0.29, 0.717) is 5.92 Å². The lowest BCUT2D eigenvalue weighted by atomic mass is 9.99. The van der Waals surface area contributed by atoms with E-state index in [1.807, 2.05) is 32.0 Å². The van der Waals surface area contributed by atoms with Gasteiger partial charge in [0.15, 0.2) is 0 Å². The number of hydrogen-bond donors (Lipinski definition) is 2. The monoisotopic (exact) mass is 276 g/mol. The van der Waals surface area contributed by atoms with Crippen molar-refractivity contribution in [1.29, 1.82) is 0 Å². The second kappa shape index (κ2) is 8.62. The maximum absolute atomic E-state index is 12.0. The Morgan fingerprint density at radius 3 is 2.40 bits per heavy atom. The number of amides is 2. The molecule has 0 aromatic heterocycles. The van der Waals surface area contributed by atoms with Crippen molar-refractivity contribution < 1.29 is 4.79 Å². The largest absolute Gasteiger partial charge is 0.338 e. The minimum Gasteiger partial charge on any atom is -0.338 e. The van der Waals surface area contributed by atoms with Crippen molar-refractivity contribution >= 4 is 11.7 Å². The van der Waals surface area contributed by atoms with Gasteiger partial charge in [-0.2, -0.15) is 0 Å². The first kappa shape index (κ1) is 16.5. The van der Waals surface area contributed by atoms with E-state index >= 15 is 0 Å². The van der Waals surface area contributed by atoms with Crippen LogP contribution in [0.4, 0.5) is 10.5 Å².